The van der Waals surface area contributed by atoms with Crippen molar-refractivity contribution >= 4 is 26.7 Å². The van der Waals surface area contributed by atoms with Crippen LogP contribution in [0.4, 0.5) is 0 Å². The molecule has 7 heteroatoms. The van der Waals surface area contributed by atoms with E-state index in [9.17, 15) is 8.42 Å². The van der Waals surface area contributed by atoms with Crippen LogP contribution in [0.1, 0.15) is 31.5 Å². The highest BCUT2D eigenvalue weighted by Gasteiger charge is 2.36. The molecular weight excluding hydrogens is 362 g/mol. The van der Waals surface area contributed by atoms with Crippen molar-refractivity contribution in [2.24, 2.45) is 0 Å². The Bertz CT molecular complexity index is 970. The van der Waals surface area contributed by atoms with Gasteiger partial charge >= 0.3 is 0 Å². The van der Waals surface area contributed by atoms with E-state index in [-0.39, 0.29) is 12.2 Å². The zero-order valence-corrected chi connectivity index (χ0v) is 16.9. The SMILES string of the molecule is Cc1[nH]c2ccccc2c1C1=CCN(S(=O)(=O)N2CC(C)OC(C)C2)CC1. The third-order valence-corrected chi connectivity index (χ3v) is 7.36. The van der Waals surface area contributed by atoms with Gasteiger partial charge in [0, 0.05) is 48.3 Å². The predicted octanol–water partition coefficient (Wildman–Crippen LogP) is 2.92. The number of fused-ring (bicyclic) bond motifs is 1. The van der Waals surface area contributed by atoms with Crippen LogP contribution in [0.2, 0.25) is 0 Å². The van der Waals surface area contributed by atoms with Crippen LogP contribution in [0.5, 0.6) is 0 Å². The smallest absolute Gasteiger partial charge is 0.282 e. The Morgan fingerprint density at radius 3 is 2.48 bits per heavy atom. The number of aromatic amines is 1. The molecule has 6 nitrogen and oxygen atoms in total. The molecule has 0 aliphatic carbocycles. The molecule has 1 aromatic carbocycles. The molecule has 0 radical (unpaired) electrons. The van der Waals surface area contributed by atoms with E-state index in [0.717, 1.165) is 17.6 Å². The third-order valence-electron chi connectivity index (χ3n) is 5.43. The van der Waals surface area contributed by atoms with Crippen LogP contribution in [0.15, 0.2) is 30.3 Å². The van der Waals surface area contributed by atoms with Crippen LogP contribution < -0.4 is 0 Å². The molecule has 4 rings (SSSR count). The number of H-pyrrole nitrogens is 1. The Hall–Kier alpha value is -1.67. The standard InChI is InChI=1S/C20H27N3O3S/c1-14-12-23(13-15(2)26-14)27(24,25)22-10-8-17(9-11-22)20-16(3)21-19-7-5-4-6-18(19)20/h4-8,14-15,21H,9-13H2,1-3H3. The molecule has 146 valence electrons. The lowest BCUT2D eigenvalue weighted by Crippen LogP contribution is -2.53. The first kappa shape index (κ1) is 18.7. The summed E-state index contributed by atoms with van der Waals surface area (Å²) in [6.07, 6.45) is 2.63. The Morgan fingerprint density at radius 1 is 1.11 bits per heavy atom. The average molecular weight is 390 g/mol. The summed E-state index contributed by atoms with van der Waals surface area (Å²) in [5.74, 6) is 0. The van der Waals surface area contributed by atoms with E-state index in [1.165, 1.54) is 16.5 Å². The van der Waals surface area contributed by atoms with E-state index < -0.39 is 10.2 Å². The second kappa shape index (κ2) is 7.05. The number of nitrogens with one attached hydrogen (secondary N) is 1. The number of hydrogen-bond donors (Lipinski definition) is 1. The van der Waals surface area contributed by atoms with Gasteiger partial charge in [-0.2, -0.15) is 17.0 Å². The van der Waals surface area contributed by atoms with Crippen LogP contribution in [0.25, 0.3) is 16.5 Å². The van der Waals surface area contributed by atoms with E-state index in [1.807, 2.05) is 26.0 Å². The summed E-state index contributed by atoms with van der Waals surface area (Å²) in [5, 5.41) is 1.20. The molecule has 1 N–H and O–H groups in total. The predicted molar refractivity (Wildman–Crippen MR) is 108 cm³/mol. The minimum Gasteiger partial charge on any atom is -0.373 e. The second-order valence-corrected chi connectivity index (χ2v) is 9.52. The highest BCUT2D eigenvalue weighted by Crippen LogP contribution is 2.33. The van der Waals surface area contributed by atoms with Crippen LogP contribution in [0.3, 0.4) is 0 Å². The topological polar surface area (TPSA) is 65.6 Å². The first-order valence-electron chi connectivity index (χ1n) is 9.53. The number of rotatable bonds is 3. The van der Waals surface area contributed by atoms with Gasteiger partial charge in [0.1, 0.15) is 0 Å². The van der Waals surface area contributed by atoms with Crippen molar-refractivity contribution in [2.75, 3.05) is 26.2 Å². The second-order valence-electron chi connectivity index (χ2n) is 7.59. The summed E-state index contributed by atoms with van der Waals surface area (Å²) in [4.78, 5) is 3.43. The fourth-order valence-corrected chi connectivity index (χ4v) is 5.97. The molecule has 0 amide bonds. The molecule has 2 atom stereocenters. The van der Waals surface area contributed by atoms with E-state index in [2.05, 4.69) is 30.1 Å². The Balaban J connectivity index is 1.57. The number of para-hydroxylation sites is 1. The highest BCUT2D eigenvalue weighted by atomic mass is 32.2. The van der Waals surface area contributed by atoms with Gasteiger partial charge in [-0.05, 0) is 38.8 Å². The van der Waals surface area contributed by atoms with Crippen molar-refractivity contribution in [1.29, 1.82) is 0 Å². The van der Waals surface area contributed by atoms with Gasteiger partial charge in [-0.15, -0.1) is 0 Å². The summed E-state index contributed by atoms with van der Waals surface area (Å²) in [7, 11) is -3.46. The van der Waals surface area contributed by atoms with Gasteiger partial charge in [-0.25, -0.2) is 0 Å². The maximum absolute atomic E-state index is 13.1. The molecule has 3 heterocycles. The first-order valence-corrected chi connectivity index (χ1v) is 10.9. The first-order chi connectivity index (χ1) is 12.9. The lowest BCUT2D eigenvalue weighted by atomic mass is 9.97. The lowest BCUT2D eigenvalue weighted by molar-refractivity contribution is -0.0454. The van der Waals surface area contributed by atoms with Gasteiger partial charge in [-0.3, -0.25) is 0 Å². The molecule has 0 spiro atoms. The maximum Gasteiger partial charge on any atom is 0.282 e. The normalized spacial score (nSPS) is 25.7. The monoisotopic (exact) mass is 389 g/mol. The van der Waals surface area contributed by atoms with E-state index >= 15 is 0 Å². The molecule has 2 aromatic rings. The summed E-state index contributed by atoms with van der Waals surface area (Å²) in [6.45, 7) is 7.68. The quantitative estimate of drug-likeness (QED) is 0.878. The number of ether oxygens (including phenoxy) is 1. The van der Waals surface area contributed by atoms with E-state index in [4.69, 9.17) is 4.74 Å². The molecule has 2 aliphatic rings. The highest BCUT2D eigenvalue weighted by molar-refractivity contribution is 7.86. The van der Waals surface area contributed by atoms with Crippen molar-refractivity contribution in [3.8, 4) is 0 Å². The molecule has 27 heavy (non-hydrogen) atoms. The molecule has 1 fully saturated rings. The van der Waals surface area contributed by atoms with Crippen LogP contribution in [-0.4, -0.2) is 60.4 Å². The Kier molecular flexibility index (Phi) is 4.88. The summed E-state index contributed by atoms with van der Waals surface area (Å²) >= 11 is 0. The number of nitrogens with zero attached hydrogens (tertiary/aromatic N) is 2. The van der Waals surface area contributed by atoms with Gasteiger partial charge in [0.15, 0.2) is 0 Å². The van der Waals surface area contributed by atoms with Gasteiger partial charge in [-0.1, -0.05) is 24.3 Å². The number of morpholine rings is 1. The van der Waals surface area contributed by atoms with Crippen LogP contribution in [-0.2, 0) is 14.9 Å². The number of aromatic nitrogens is 1. The van der Waals surface area contributed by atoms with Crippen molar-refractivity contribution in [3.63, 3.8) is 0 Å². The van der Waals surface area contributed by atoms with Crippen LogP contribution >= 0.6 is 0 Å². The third kappa shape index (κ3) is 3.45. The fourth-order valence-electron chi connectivity index (χ4n) is 4.26. The van der Waals surface area contributed by atoms with Crippen molar-refractivity contribution in [3.05, 3.63) is 41.6 Å². The number of aryl methyl sites for hydroxylation is 1. The zero-order valence-electron chi connectivity index (χ0n) is 16.1. The maximum atomic E-state index is 13.1. The van der Waals surface area contributed by atoms with Crippen LogP contribution in [0, 0.1) is 6.92 Å². The van der Waals surface area contributed by atoms with Gasteiger partial charge in [0.05, 0.1) is 12.2 Å². The van der Waals surface area contributed by atoms with E-state index in [0.29, 0.717) is 26.2 Å². The van der Waals surface area contributed by atoms with Crippen molar-refractivity contribution in [1.82, 2.24) is 13.6 Å². The molecule has 2 unspecified atom stereocenters. The zero-order chi connectivity index (χ0) is 19.2. The fraction of sp³-hybridized carbons (Fsp3) is 0.500. The van der Waals surface area contributed by atoms with Crippen molar-refractivity contribution in [2.45, 2.75) is 39.4 Å². The van der Waals surface area contributed by atoms with Gasteiger partial charge < -0.3 is 9.72 Å². The minimum atomic E-state index is -3.46. The molecule has 0 saturated carbocycles. The number of benzene rings is 1. The van der Waals surface area contributed by atoms with Gasteiger partial charge in [0.2, 0.25) is 0 Å². The minimum absolute atomic E-state index is 0.0757. The summed E-state index contributed by atoms with van der Waals surface area (Å²) in [5.41, 5.74) is 4.70. The Labute approximate surface area is 161 Å². The molecule has 2 aliphatic heterocycles. The van der Waals surface area contributed by atoms with Gasteiger partial charge in [0.25, 0.3) is 10.2 Å². The molecule has 1 saturated heterocycles. The van der Waals surface area contributed by atoms with Crippen molar-refractivity contribution < 1.29 is 13.2 Å². The summed E-state index contributed by atoms with van der Waals surface area (Å²) < 4.78 is 35.0. The molecule has 1 aromatic heterocycles. The molecular formula is C20H27N3O3S. The molecule has 0 bridgehead atoms. The average Bonchev–Trinajstić information content (AvgIpc) is 2.96. The lowest BCUT2D eigenvalue weighted by Gasteiger charge is -2.38. The van der Waals surface area contributed by atoms with E-state index in [1.54, 1.807) is 8.61 Å². The largest absolute Gasteiger partial charge is 0.373 e. The Morgan fingerprint density at radius 2 is 1.81 bits per heavy atom. The number of hydrogen-bond acceptors (Lipinski definition) is 3. The summed E-state index contributed by atoms with van der Waals surface area (Å²) in [6, 6.07) is 8.26.